The summed E-state index contributed by atoms with van der Waals surface area (Å²) in [5, 5.41) is 0. The molecule has 24 heavy (non-hydrogen) atoms. The van der Waals surface area contributed by atoms with Gasteiger partial charge in [0.2, 0.25) is 23.1 Å². The number of Topliss-reactive ketones (excluding diaryl/α,β-unsaturated/α-hetero) is 4. The van der Waals surface area contributed by atoms with Gasteiger partial charge >= 0.3 is 0 Å². The van der Waals surface area contributed by atoms with Crippen molar-refractivity contribution in [1.82, 2.24) is 0 Å². The van der Waals surface area contributed by atoms with Crippen LogP contribution >= 0.6 is 0 Å². The van der Waals surface area contributed by atoms with Gasteiger partial charge in [0.25, 0.3) is 0 Å². The summed E-state index contributed by atoms with van der Waals surface area (Å²) in [4.78, 5) is 65.9. The van der Waals surface area contributed by atoms with E-state index in [1.165, 1.54) is 13.8 Å². The molecule has 2 rings (SSSR count). The number of carbonyl (C=O) groups is 6. The van der Waals surface area contributed by atoms with Crippen LogP contribution in [0.3, 0.4) is 0 Å². The van der Waals surface area contributed by atoms with Crippen molar-refractivity contribution in [2.45, 2.75) is 41.5 Å². The van der Waals surface area contributed by atoms with Crippen molar-refractivity contribution in [2.75, 3.05) is 0 Å². The molecule has 2 aliphatic rings. The van der Waals surface area contributed by atoms with E-state index >= 15 is 0 Å². The zero-order valence-electron chi connectivity index (χ0n) is 14.6. The van der Waals surface area contributed by atoms with Crippen molar-refractivity contribution in [1.29, 1.82) is 0 Å². The van der Waals surface area contributed by atoms with Crippen LogP contribution in [0, 0.1) is 10.8 Å². The summed E-state index contributed by atoms with van der Waals surface area (Å²) in [5.74, 6) is -2.02. The van der Waals surface area contributed by atoms with Gasteiger partial charge in [-0.1, -0.05) is 0 Å². The fraction of sp³-hybridized carbons (Fsp3) is 0.444. The summed E-state index contributed by atoms with van der Waals surface area (Å²) >= 11 is 0. The fourth-order valence-electron chi connectivity index (χ4n) is 2.81. The lowest BCUT2D eigenvalue weighted by atomic mass is 9.85. The first kappa shape index (κ1) is 19.5. The third kappa shape index (κ3) is 2.72. The largest absolute Gasteiger partial charge is 0.298 e. The van der Waals surface area contributed by atoms with Crippen LogP contribution in [0.4, 0.5) is 0 Å². The fourth-order valence-corrected chi connectivity index (χ4v) is 2.81. The van der Waals surface area contributed by atoms with Crippen molar-refractivity contribution >= 4 is 35.7 Å². The number of aldehydes is 2. The number of allylic oxidation sites excluding steroid dienone is 4. The summed E-state index contributed by atoms with van der Waals surface area (Å²) in [6.07, 6.45) is 1.19. The predicted molar refractivity (Wildman–Crippen MR) is 85.1 cm³/mol. The number of carbonyl (C=O) groups excluding carboxylic acids is 6. The van der Waals surface area contributed by atoms with Gasteiger partial charge < -0.3 is 0 Å². The molecule has 0 saturated carbocycles. The summed E-state index contributed by atoms with van der Waals surface area (Å²) in [6, 6.07) is 0. The van der Waals surface area contributed by atoms with Crippen LogP contribution in [0.15, 0.2) is 22.3 Å². The Hall–Kier alpha value is -2.50. The van der Waals surface area contributed by atoms with Gasteiger partial charge in [0.05, 0.1) is 10.8 Å². The number of rotatable bonds is 2. The Kier molecular flexibility index (Phi) is 5.04. The molecule has 2 aliphatic carbocycles. The van der Waals surface area contributed by atoms with Gasteiger partial charge in [0, 0.05) is 22.3 Å². The van der Waals surface area contributed by atoms with Crippen LogP contribution in [-0.2, 0) is 28.8 Å². The molecule has 0 aromatic carbocycles. The van der Waals surface area contributed by atoms with E-state index in [0.717, 1.165) is 0 Å². The van der Waals surface area contributed by atoms with Gasteiger partial charge in [-0.3, -0.25) is 28.8 Å². The number of hydrogen-bond acceptors (Lipinski definition) is 6. The molecule has 6 heteroatoms. The molecule has 0 aliphatic heterocycles. The van der Waals surface area contributed by atoms with E-state index in [9.17, 15) is 28.8 Å². The molecule has 0 amide bonds. The molecule has 128 valence electrons. The van der Waals surface area contributed by atoms with Crippen LogP contribution < -0.4 is 0 Å². The third-order valence-corrected chi connectivity index (χ3v) is 4.62. The minimum Gasteiger partial charge on any atom is -0.298 e. The Labute approximate surface area is 140 Å². The predicted octanol–water partition coefficient (Wildman–Crippen LogP) is 1.36. The van der Waals surface area contributed by atoms with Crippen molar-refractivity contribution in [3.8, 4) is 0 Å². The quantitative estimate of drug-likeness (QED) is 0.559. The maximum Gasteiger partial charge on any atom is 0.225 e. The second kappa shape index (κ2) is 6.19. The molecular formula is C18H20O6. The molecular weight excluding hydrogens is 312 g/mol. The average molecular weight is 332 g/mol. The Balaban J connectivity index is 0.000000240. The second-order valence-corrected chi connectivity index (χ2v) is 6.88. The highest BCUT2D eigenvalue weighted by atomic mass is 16.2. The van der Waals surface area contributed by atoms with Gasteiger partial charge in [-0.15, -0.1) is 0 Å². The third-order valence-electron chi connectivity index (χ3n) is 4.62. The second-order valence-electron chi connectivity index (χ2n) is 6.88. The van der Waals surface area contributed by atoms with Crippen molar-refractivity contribution in [3.05, 3.63) is 22.3 Å². The molecule has 0 aromatic rings. The first-order valence-corrected chi connectivity index (χ1v) is 7.37. The molecule has 0 spiro atoms. The average Bonchev–Trinajstić information content (AvgIpc) is 2.75. The van der Waals surface area contributed by atoms with Gasteiger partial charge in [-0.2, -0.15) is 0 Å². The minimum atomic E-state index is -0.914. The van der Waals surface area contributed by atoms with Crippen LogP contribution in [0.25, 0.3) is 0 Å². The van der Waals surface area contributed by atoms with Crippen LogP contribution in [0.5, 0.6) is 0 Å². The zero-order chi connectivity index (χ0) is 19.0. The summed E-state index contributed by atoms with van der Waals surface area (Å²) in [6.45, 7) is 9.39. The monoisotopic (exact) mass is 332 g/mol. The first-order chi connectivity index (χ1) is 10.8. The summed E-state index contributed by atoms with van der Waals surface area (Å²) < 4.78 is 0. The first-order valence-electron chi connectivity index (χ1n) is 7.37. The summed E-state index contributed by atoms with van der Waals surface area (Å²) in [5.41, 5.74) is -0.610. The molecule has 0 unspecified atom stereocenters. The Bertz CT molecular complexity index is 679. The van der Waals surface area contributed by atoms with E-state index in [-0.39, 0.29) is 0 Å². The van der Waals surface area contributed by atoms with E-state index in [4.69, 9.17) is 0 Å². The lowest BCUT2D eigenvalue weighted by molar-refractivity contribution is -0.137. The molecule has 6 nitrogen and oxygen atoms in total. The maximum absolute atomic E-state index is 11.3. The Morgan fingerprint density at radius 3 is 0.958 bits per heavy atom. The van der Waals surface area contributed by atoms with E-state index < -0.39 is 34.0 Å². The van der Waals surface area contributed by atoms with E-state index in [0.29, 0.717) is 34.9 Å². The maximum atomic E-state index is 11.3. The molecule has 0 radical (unpaired) electrons. The van der Waals surface area contributed by atoms with Gasteiger partial charge in [-0.25, -0.2) is 0 Å². The molecule has 0 heterocycles. The van der Waals surface area contributed by atoms with Crippen molar-refractivity contribution in [3.63, 3.8) is 0 Å². The van der Waals surface area contributed by atoms with Gasteiger partial charge in [0.1, 0.15) is 12.6 Å². The smallest absolute Gasteiger partial charge is 0.225 e. The lowest BCUT2D eigenvalue weighted by Gasteiger charge is -2.14. The van der Waals surface area contributed by atoms with Gasteiger partial charge in [-0.05, 0) is 41.5 Å². The van der Waals surface area contributed by atoms with E-state index in [1.54, 1.807) is 27.7 Å². The molecule has 0 aromatic heterocycles. The van der Waals surface area contributed by atoms with Crippen molar-refractivity contribution in [2.24, 2.45) is 10.8 Å². The topological polar surface area (TPSA) is 102 Å². The molecule has 0 atom stereocenters. The highest BCUT2D eigenvalue weighted by Gasteiger charge is 2.45. The highest BCUT2D eigenvalue weighted by Crippen LogP contribution is 2.36. The highest BCUT2D eigenvalue weighted by molar-refractivity contribution is 6.50. The number of ketones is 4. The lowest BCUT2D eigenvalue weighted by Crippen LogP contribution is -2.25. The van der Waals surface area contributed by atoms with E-state index in [2.05, 4.69) is 0 Å². The van der Waals surface area contributed by atoms with Crippen LogP contribution in [0.1, 0.15) is 41.5 Å². The molecule has 0 saturated heterocycles. The zero-order valence-corrected chi connectivity index (χ0v) is 14.6. The van der Waals surface area contributed by atoms with E-state index in [1.807, 2.05) is 0 Å². The molecule has 0 fully saturated rings. The minimum absolute atomic E-state index is 0.292. The van der Waals surface area contributed by atoms with Crippen molar-refractivity contribution < 1.29 is 28.8 Å². The van der Waals surface area contributed by atoms with Gasteiger partial charge in [0.15, 0.2) is 0 Å². The van der Waals surface area contributed by atoms with Crippen LogP contribution in [-0.4, -0.2) is 35.7 Å². The Morgan fingerprint density at radius 1 is 0.625 bits per heavy atom. The molecule has 0 N–H and O–H groups in total. The summed E-state index contributed by atoms with van der Waals surface area (Å²) in [7, 11) is 0. The Morgan fingerprint density at radius 2 is 0.875 bits per heavy atom. The van der Waals surface area contributed by atoms with Crippen LogP contribution in [0.2, 0.25) is 0 Å². The number of hydrogen-bond donors (Lipinski definition) is 0. The standard InChI is InChI=1S/2C9H10O3/c2*1-5-6(4-10)9(2,3)8(12)7(5)11/h2*4H,1-3H3. The SMILES string of the molecule is CC1=C(C=O)C(C)(C)C(=O)C1=O.CC1=C(C=O)C(C)(C)C(=O)C1=O. The normalized spacial score (nSPS) is 21.9. The molecule has 0 bridgehead atoms.